The van der Waals surface area contributed by atoms with E-state index in [1.807, 2.05) is 13.0 Å². The number of hydrogen-bond donors (Lipinski definition) is 2. The molecule has 118 valence electrons. The third-order valence-electron chi connectivity index (χ3n) is 3.26. The molecule has 7 nitrogen and oxygen atoms in total. The van der Waals surface area contributed by atoms with Gasteiger partial charge in [-0.3, -0.25) is 0 Å². The quantitative estimate of drug-likeness (QED) is 0.771. The van der Waals surface area contributed by atoms with E-state index in [2.05, 4.69) is 32.5 Å². The number of morpholine rings is 1. The smallest absolute Gasteiger partial charge is 0.158 e. The van der Waals surface area contributed by atoms with Crippen LogP contribution < -0.4 is 10.6 Å². The number of hydrogen-bond acceptors (Lipinski definition) is 7. The van der Waals surface area contributed by atoms with E-state index in [0.717, 1.165) is 44.4 Å². The zero-order valence-corrected chi connectivity index (χ0v) is 13.1. The van der Waals surface area contributed by atoms with Gasteiger partial charge in [0.2, 0.25) is 0 Å². The van der Waals surface area contributed by atoms with E-state index in [1.54, 1.807) is 7.11 Å². The van der Waals surface area contributed by atoms with Crippen molar-refractivity contribution >= 4 is 11.6 Å². The molecular weight excluding hydrogens is 270 g/mol. The molecule has 7 heteroatoms. The minimum Gasteiger partial charge on any atom is -0.377 e. The van der Waals surface area contributed by atoms with Crippen molar-refractivity contribution in [3.05, 3.63) is 11.9 Å². The largest absolute Gasteiger partial charge is 0.377 e. The summed E-state index contributed by atoms with van der Waals surface area (Å²) < 4.78 is 10.9. The molecule has 0 aromatic carbocycles. The van der Waals surface area contributed by atoms with E-state index in [4.69, 9.17) is 9.47 Å². The van der Waals surface area contributed by atoms with Gasteiger partial charge in [-0.2, -0.15) is 0 Å². The summed E-state index contributed by atoms with van der Waals surface area (Å²) in [4.78, 5) is 11.1. The molecule has 21 heavy (non-hydrogen) atoms. The van der Waals surface area contributed by atoms with Gasteiger partial charge < -0.3 is 25.0 Å². The highest BCUT2D eigenvalue weighted by Gasteiger charge is 2.17. The second-order valence-electron chi connectivity index (χ2n) is 5.15. The van der Waals surface area contributed by atoms with Gasteiger partial charge in [-0.15, -0.1) is 0 Å². The number of anilines is 2. The van der Waals surface area contributed by atoms with Crippen LogP contribution in [-0.4, -0.2) is 67.9 Å². The van der Waals surface area contributed by atoms with Gasteiger partial charge in [0.15, 0.2) is 5.82 Å². The zero-order chi connectivity index (χ0) is 15.1. The normalized spacial score (nSPS) is 19.5. The number of nitrogens with zero attached hydrogens (tertiary/aromatic N) is 3. The average molecular weight is 295 g/mol. The number of likely N-dealkylation sites (N-methyl/N-ethyl adjacent to an activating group) is 1. The van der Waals surface area contributed by atoms with Crippen LogP contribution in [0.5, 0.6) is 0 Å². The topological polar surface area (TPSA) is 71.5 Å². The molecule has 0 amide bonds. The molecule has 0 bridgehead atoms. The van der Waals surface area contributed by atoms with Crippen molar-refractivity contribution in [3.63, 3.8) is 0 Å². The van der Waals surface area contributed by atoms with Crippen molar-refractivity contribution in [1.82, 2.24) is 14.9 Å². The summed E-state index contributed by atoms with van der Waals surface area (Å²) in [6.45, 7) is 6.70. The second-order valence-corrected chi connectivity index (χ2v) is 5.15. The Morgan fingerprint density at radius 2 is 2.14 bits per heavy atom. The van der Waals surface area contributed by atoms with Crippen LogP contribution in [-0.2, 0) is 16.1 Å². The summed E-state index contributed by atoms with van der Waals surface area (Å²) in [6.07, 6.45) is 0.187. The van der Waals surface area contributed by atoms with Crippen LogP contribution in [0.1, 0.15) is 12.7 Å². The van der Waals surface area contributed by atoms with Gasteiger partial charge in [0, 0.05) is 39.4 Å². The Morgan fingerprint density at radius 1 is 1.38 bits per heavy atom. The van der Waals surface area contributed by atoms with Gasteiger partial charge in [-0.25, -0.2) is 9.97 Å². The zero-order valence-electron chi connectivity index (χ0n) is 13.1. The summed E-state index contributed by atoms with van der Waals surface area (Å²) in [5.74, 6) is 2.27. The Bertz CT molecular complexity index is 419. The van der Waals surface area contributed by atoms with Gasteiger partial charge in [0.05, 0.1) is 12.7 Å². The lowest BCUT2D eigenvalue weighted by Gasteiger charge is -2.30. The predicted molar refractivity (Wildman–Crippen MR) is 82.6 cm³/mol. The average Bonchev–Trinajstić information content (AvgIpc) is 2.46. The van der Waals surface area contributed by atoms with E-state index in [1.165, 1.54) is 0 Å². The molecule has 2 N–H and O–H groups in total. The maximum Gasteiger partial charge on any atom is 0.158 e. The fourth-order valence-corrected chi connectivity index (χ4v) is 2.26. The number of aromatic nitrogens is 2. The van der Waals surface area contributed by atoms with Crippen LogP contribution in [0.2, 0.25) is 0 Å². The predicted octanol–water partition coefficient (Wildman–Crippen LogP) is 0.797. The highest BCUT2D eigenvalue weighted by atomic mass is 16.5. The lowest BCUT2D eigenvalue weighted by atomic mass is 10.3. The highest BCUT2D eigenvalue weighted by molar-refractivity contribution is 5.47. The lowest BCUT2D eigenvalue weighted by molar-refractivity contribution is -0.0117. The van der Waals surface area contributed by atoms with Crippen LogP contribution in [0.3, 0.4) is 0 Å². The van der Waals surface area contributed by atoms with Gasteiger partial charge in [0.1, 0.15) is 18.2 Å². The van der Waals surface area contributed by atoms with E-state index < -0.39 is 0 Å². The minimum atomic E-state index is 0.187. The van der Waals surface area contributed by atoms with Gasteiger partial charge in [-0.05, 0) is 14.0 Å². The second kappa shape index (κ2) is 8.11. The molecule has 0 saturated carbocycles. The third kappa shape index (κ3) is 5.11. The molecule has 1 fully saturated rings. The SMILES string of the molecule is CCNc1cc(NCC2CN(C)CCO2)nc(COC)n1. The molecule has 0 radical (unpaired) electrons. The Morgan fingerprint density at radius 3 is 2.81 bits per heavy atom. The standard InChI is InChI=1S/C14H25N5O2/c1-4-15-12-7-13(18-14(17-12)10-20-3)16-8-11-9-19(2)5-6-21-11/h7,11H,4-6,8-10H2,1-3H3,(H2,15,16,17,18). The Balaban J connectivity index is 1.97. The minimum absolute atomic E-state index is 0.187. The summed E-state index contributed by atoms with van der Waals surface area (Å²) >= 11 is 0. The molecule has 1 atom stereocenters. The molecular formula is C14H25N5O2. The van der Waals surface area contributed by atoms with Crippen LogP contribution in [0, 0.1) is 0 Å². The van der Waals surface area contributed by atoms with E-state index in [-0.39, 0.29) is 6.10 Å². The van der Waals surface area contributed by atoms with Crippen molar-refractivity contribution < 1.29 is 9.47 Å². The number of rotatable bonds is 7. The van der Waals surface area contributed by atoms with Crippen LogP contribution in [0.4, 0.5) is 11.6 Å². The van der Waals surface area contributed by atoms with E-state index >= 15 is 0 Å². The van der Waals surface area contributed by atoms with Crippen LogP contribution in [0.15, 0.2) is 6.07 Å². The summed E-state index contributed by atoms with van der Waals surface area (Å²) in [5.41, 5.74) is 0. The van der Waals surface area contributed by atoms with E-state index in [0.29, 0.717) is 12.4 Å². The van der Waals surface area contributed by atoms with Crippen LogP contribution in [0.25, 0.3) is 0 Å². The maximum atomic E-state index is 5.74. The van der Waals surface area contributed by atoms with Crippen LogP contribution >= 0.6 is 0 Å². The lowest BCUT2D eigenvalue weighted by Crippen LogP contribution is -2.43. The Hall–Kier alpha value is -1.44. The van der Waals surface area contributed by atoms with Crippen molar-refractivity contribution in [2.24, 2.45) is 0 Å². The fraction of sp³-hybridized carbons (Fsp3) is 0.714. The highest BCUT2D eigenvalue weighted by Crippen LogP contribution is 2.13. The first-order chi connectivity index (χ1) is 10.2. The molecule has 0 spiro atoms. The first-order valence-electron chi connectivity index (χ1n) is 7.36. The van der Waals surface area contributed by atoms with Gasteiger partial charge in [-0.1, -0.05) is 0 Å². The first-order valence-corrected chi connectivity index (χ1v) is 7.36. The Kier molecular flexibility index (Phi) is 6.16. The van der Waals surface area contributed by atoms with Crippen molar-refractivity contribution in [2.75, 3.05) is 57.6 Å². The van der Waals surface area contributed by atoms with Crippen molar-refractivity contribution in [1.29, 1.82) is 0 Å². The first kappa shape index (κ1) is 15.9. The molecule has 1 aliphatic heterocycles. The number of methoxy groups -OCH3 is 1. The summed E-state index contributed by atoms with van der Waals surface area (Å²) in [5, 5.41) is 6.54. The number of ether oxygens (including phenoxy) is 2. The molecule has 2 rings (SSSR count). The molecule has 1 aromatic rings. The molecule has 1 aromatic heterocycles. The molecule has 2 heterocycles. The molecule has 1 aliphatic rings. The Labute approximate surface area is 126 Å². The van der Waals surface area contributed by atoms with Crippen molar-refractivity contribution in [3.8, 4) is 0 Å². The molecule has 0 aliphatic carbocycles. The maximum absolute atomic E-state index is 5.74. The molecule has 1 saturated heterocycles. The molecule has 1 unspecified atom stereocenters. The number of nitrogens with one attached hydrogen (secondary N) is 2. The summed E-state index contributed by atoms with van der Waals surface area (Å²) in [7, 11) is 3.75. The fourth-order valence-electron chi connectivity index (χ4n) is 2.26. The van der Waals surface area contributed by atoms with Gasteiger partial charge >= 0.3 is 0 Å². The third-order valence-corrected chi connectivity index (χ3v) is 3.26. The summed E-state index contributed by atoms with van der Waals surface area (Å²) in [6, 6.07) is 1.91. The van der Waals surface area contributed by atoms with Gasteiger partial charge in [0.25, 0.3) is 0 Å². The monoisotopic (exact) mass is 295 g/mol. The van der Waals surface area contributed by atoms with E-state index in [9.17, 15) is 0 Å². The van der Waals surface area contributed by atoms with Crippen molar-refractivity contribution in [2.45, 2.75) is 19.6 Å².